The molecule has 0 spiro atoms. The van der Waals surface area contributed by atoms with Gasteiger partial charge in [0.05, 0.1) is 18.7 Å². The first kappa shape index (κ1) is 16.6. The number of rotatable bonds is 6. The van der Waals surface area contributed by atoms with E-state index in [1.54, 1.807) is 6.20 Å². The van der Waals surface area contributed by atoms with E-state index in [2.05, 4.69) is 32.7 Å². The minimum atomic E-state index is 0.0127. The van der Waals surface area contributed by atoms with Gasteiger partial charge in [-0.1, -0.05) is 24.3 Å². The monoisotopic (exact) mass is 349 g/mol. The molecule has 0 aliphatic heterocycles. The quantitative estimate of drug-likeness (QED) is 0.717. The highest BCUT2D eigenvalue weighted by Gasteiger charge is 2.18. The molecular weight excluding hydrogens is 326 g/mol. The molecule has 0 radical (unpaired) electrons. The molecule has 2 N–H and O–H groups in total. The highest BCUT2D eigenvalue weighted by molar-refractivity contribution is 5.78. The first-order valence-corrected chi connectivity index (χ1v) is 9.15. The molecule has 0 atom stereocenters. The summed E-state index contributed by atoms with van der Waals surface area (Å²) in [6.07, 6.45) is 8.51. The van der Waals surface area contributed by atoms with E-state index in [1.165, 1.54) is 24.1 Å². The molecule has 0 saturated carbocycles. The second-order valence-corrected chi connectivity index (χ2v) is 6.76. The fourth-order valence-electron chi connectivity index (χ4n) is 3.56. The second-order valence-electron chi connectivity index (χ2n) is 6.76. The number of fused-ring (bicyclic) bond motifs is 1. The number of aryl methyl sites for hydroxylation is 1. The Kier molecular flexibility index (Phi) is 4.82. The van der Waals surface area contributed by atoms with Gasteiger partial charge < -0.3 is 5.32 Å². The van der Waals surface area contributed by atoms with Crippen molar-refractivity contribution in [3.63, 3.8) is 0 Å². The van der Waals surface area contributed by atoms with Crippen molar-refractivity contribution in [2.45, 2.75) is 45.2 Å². The van der Waals surface area contributed by atoms with Crippen molar-refractivity contribution in [3.05, 3.63) is 70.8 Å². The molecule has 4 rings (SSSR count). The minimum absolute atomic E-state index is 0.0127. The van der Waals surface area contributed by atoms with Crippen LogP contribution in [0.15, 0.2) is 42.7 Å². The molecule has 0 bridgehead atoms. The molecule has 6 heteroatoms. The van der Waals surface area contributed by atoms with Crippen LogP contribution in [0.3, 0.4) is 0 Å². The van der Waals surface area contributed by atoms with Crippen LogP contribution in [0.2, 0.25) is 0 Å². The summed E-state index contributed by atoms with van der Waals surface area (Å²) in [6, 6.07) is 10.1. The lowest BCUT2D eigenvalue weighted by Gasteiger charge is -2.12. The maximum absolute atomic E-state index is 12.4. The zero-order valence-corrected chi connectivity index (χ0v) is 14.7. The Labute approximate surface area is 152 Å². The molecule has 26 heavy (non-hydrogen) atoms. The molecule has 1 aromatic carbocycles. The molecule has 1 amide bonds. The SMILES string of the molecule is O=C(Cc1n[nH]c2c1CCCC2)NCc1ccccc1Cn1cccn1. The summed E-state index contributed by atoms with van der Waals surface area (Å²) in [4.78, 5) is 12.4. The molecule has 2 aromatic heterocycles. The molecule has 0 unspecified atom stereocenters. The van der Waals surface area contributed by atoms with Crippen molar-refractivity contribution in [3.8, 4) is 0 Å². The summed E-state index contributed by atoms with van der Waals surface area (Å²) in [7, 11) is 0. The molecule has 134 valence electrons. The van der Waals surface area contributed by atoms with Crippen LogP contribution in [0.25, 0.3) is 0 Å². The van der Waals surface area contributed by atoms with E-state index < -0.39 is 0 Å². The van der Waals surface area contributed by atoms with E-state index in [0.29, 0.717) is 19.5 Å². The van der Waals surface area contributed by atoms with Crippen LogP contribution in [0.1, 0.15) is 40.9 Å². The number of carbonyl (C=O) groups is 1. The maximum atomic E-state index is 12.4. The van der Waals surface area contributed by atoms with E-state index >= 15 is 0 Å². The number of H-pyrrole nitrogens is 1. The summed E-state index contributed by atoms with van der Waals surface area (Å²) in [5.41, 5.74) is 5.64. The highest BCUT2D eigenvalue weighted by atomic mass is 16.1. The zero-order valence-electron chi connectivity index (χ0n) is 14.7. The number of aromatic nitrogens is 4. The Morgan fingerprint density at radius 1 is 1.15 bits per heavy atom. The molecular formula is C20H23N5O. The van der Waals surface area contributed by atoms with Gasteiger partial charge in [0.25, 0.3) is 0 Å². The lowest BCUT2D eigenvalue weighted by atomic mass is 9.95. The Morgan fingerprint density at radius 2 is 2.00 bits per heavy atom. The average Bonchev–Trinajstić information content (AvgIpc) is 3.31. The number of nitrogens with zero attached hydrogens (tertiary/aromatic N) is 3. The third-order valence-corrected chi connectivity index (χ3v) is 4.96. The fourth-order valence-corrected chi connectivity index (χ4v) is 3.56. The largest absolute Gasteiger partial charge is 0.352 e. The normalized spacial score (nSPS) is 13.4. The molecule has 3 aromatic rings. The van der Waals surface area contributed by atoms with Crippen LogP contribution in [-0.4, -0.2) is 25.9 Å². The van der Waals surface area contributed by atoms with E-state index in [-0.39, 0.29) is 5.91 Å². The molecule has 1 aliphatic carbocycles. The van der Waals surface area contributed by atoms with Crippen molar-refractivity contribution in [1.82, 2.24) is 25.3 Å². The molecule has 0 saturated heterocycles. The Bertz CT molecular complexity index is 882. The topological polar surface area (TPSA) is 75.6 Å². The van der Waals surface area contributed by atoms with E-state index in [9.17, 15) is 4.79 Å². The van der Waals surface area contributed by atoms with Crippen LogP contribution >= 0.6 is 0 Å². The summed E-state index contributed by atoms with van der Waals surface area (Å²) < 4.78 is 1.89. The third kappa shape index (κ3) is 3.69. The number of nitrogens with one attached hydrogen (secondary N) is 2. The number of hydrogen-bond acceptors (Lipinski definition) is 3. The lowest BCUT2D eigenvalue weighted by Crippen LogP contribution is -2.26. The molecule has 6 nitrogen and oxygen atoms in total. The number of amides is 1. The van der Waals surface area contributed by atoms with Crippen LogP contribution < -0.4 is 5.32 Å². The molecule has 2 heterocycles. The first-order chi connectivity index (χ1) is 12.8. The number of hydrogen-bond donors (Lipinski definition) is 2. The van der Waals surface area contributed by atoms with Gasteiger partial charge in [-0.15, -0.1) is 0 Å². The number of benzene rings is 1. The van der Waals surface area contributed by atoms with Crippen molar-refractivity contribution in [2.24, 2.45) is 0 Å². The van der Waals surface area contributed by atoms with Gasteiger partial charge in [0.2, 0.25) is 5.91 Å². The van der Waals surface area contributed by atoms with E-state index in [4.69, 9.17) is 0 Å². The van der Waals surface area contributed by atoms with Crippen LogP contribution in [0.4, 0.5) is 0 Å². The zero-order chi connectivity index (χ0) is 17.8. The summed E-state index contributed by atoms with van der Waals surface area (Å²) >= 11 is 0. The Hall–Kier alpha value is -2.89. The van der Waals surface area contributed by atoms with Crippen LogP contribution in [0.5, 0.6) is 0 Å². The number of carbonyl (C=O) groups excluding carboxylic acids is 1. The number of aromatic amines is 1. The average molecular weight is 349 g/mol. The maximum Gasteiger partial charge on any atom is 0.226 e. The molecule has 0 fully saturated rings. The highest BCUT2D eigenvalue weighted by Crippen LogP contribution is 2.22. The minimum Gasteiger partial charge on any atom is -0.352 e. The first-order valence-electron chi connectivity index (χ1n) is 9.15. The van der Waals surface area contributed by atoms with Gasteiger partial charge in [-0.25, -0.2) is 0 Å². The van der Waals surface area contributed by atoms with Gasteiger partial charge in [-0.05, 0) is 48.4 Å². The van der Waals surface area contributed by atoms with Crippen molar-refractivity contribution >= 4 is 5.91 Å². The van der Waals surface area contributed by atoms with Gasteiger partial charge in [0.15, 0.2) is 0 Å². The molecule has 1 aliphatic rings. The van der Waals surface area contributed by atoms with Crippen molar-refractivity contribution in [2.75, 3.05) is 0 Å². The van der Waals surface area contributed by atoms with Gasteiger partial charge in [0, 0.05) is 24.6 Å². The van der Waals surface area contributed by atoms with Gasteiger partial charge >= 0.3 is 0 Å². The second kappa shape index (κ2) is 7.56. The smallest absolute Gasteiger partial charge is 0.226 e. The lowest BCUT2D eigenvalue weighted by molar-refractivity contribution is -0.120. The fraction of sp³-hybridized carbons (Fsp3) is 0.350. The van der Waals surface area contributed by atoms with Gasteiger partial charge in [-0.3, -0.25) is 14.6 Å². The van der Waals surface area contributed by atoms with Gasteiger partial charge in [0.1, 0.15) is 0 Å². The van der Waals surface area contributed by atoms with Crippen LogP contribution in [-0.2, 0) is 37.1 Å². The van der Waals surface area contributed by atoms with Crippen molar-refractivity contribution < 1.29 is 4.79 Å². The van der Waals surface area contributed by atoms with Crippen molar-refractivity contribution in [1.29, 1.82) is 0 Å². The van der Waals surface area contributed by atoms with Crippen LogP contribution in [0, 0.1) is 0 Å². The van der Waals surface area contributed by atoms with E-state index in [1.807, 2.05) is 29.1 Å². The summed E-state index contributed by atoms with van der Waals surface area (Å²) in [5.74, 6) is 0.0127. The predicted molar refractivity (Wildman–Crippen MR) is 98.6 cm³/mol. The summed E-state index contributed by atoms with van der Waals surface area (Å²) in [6.45, 7) is 1.22. The predicted octanol–water partition coefficient (Wildman–Crippen LogP) is 2.39. The van der Waals surface area contributed by atoms with E-state index in [0.717, 1.165) is 29.7 Å². The Morgan fingerprint density at radius 3 is 2.85 bits per heavy atom. The third-order valence-electron chi connectivity index (χ3n) is 4.96. The van der Waals surface area contributed by atoms with Gasteiger partial charge in [-0.2, -0.15) is 10.2 Å². The standard InChI is InChI=1S/C20H23N5O/c26-20(12-19-17-8-3-4-9-18(17)23-24-19)21-13-15-6-1-2-7-16(15)14-25-11-5-10-22-25/h1-2,5-7,10-11H,3-4,8-9,12-14H2,(H,21,26)(H,23,24). The summed E-state index contributed by atoms with van der Waals surface area (Å²) in [5, 5.41) is 14.8. The Balaban J connectivity index is 1.38.